The number of rotatable bonds is 8. The van der Waals surface area contributed by atoms with Crippen LogP contribution in [0.25, 0.3) is 0 Å². The van der Waals surface area contributed by atoms with Crippen molar-refractivity contribution in [3.8, 4) is 5.75 Å². The molecule has 1 aliphatic rings. The molecule has 0 radical (unpaired) electrons. The fraction of sp³-hybridized carbons (Fsp3) is 0.226. The molecule has 2 amide bonds. The van der Waals surface area contributed by atoms with Gasteiger partial charge in [0.15, 0.2) is 5.76 Å². The maximum atomic E-state index is 14.1. The fourth-order valence-corrected chi connectivity index (χ4v) is 4.79. The summed E-state index contributed by atoms with van der Waals surface area (Å²) in [4.78, 5) is 27.0. The monoisotopic (exact) mass is 530 g/mol. The molecule has 0 aliphatic carbocycles. The van der Waals surface area contributed by atoms with Crippen molar-refractivity contribution in [1.82, 2.24) is 10.2 Å². The highest BCUT2D eigenvalue weighted by molar-refractivity contribution is 5.91. The highest BCUT2D eigenvalue weighted by Gasteiger charge is 2.32. The van der Waals surface area contributed by atoms with Gasteiger partial charge in [-0.25, -0.2) is 8.78 Å². The second-order valence-electron chi connectivity index (χ2n) is 9.37. The summed E-state index contributed by atoms with van der Waals surface area (Å²) in [6.45, 7) is 2.71. The first-order valence-electron chi connectivity index (χ1n) is 12.8. The standard InChI is InChI=1S/C31H28F2N2O4/c1-2-29(36)35-15-14-21-8-11-25(17-27(21)30(35)22-4-3-5-24(33)16-22)38-19-26-12-13-28(39-26)31(37)34-18-20-6-9-23(32)10-7-20/h3-13,16-17,30H,2,14-15,18-19H2,1H3,(H,34,37)/t30-/m1/s1. The lowest BCUT2D eigenvalue weighted by Crippen LogP contribution is -2.40. The normalized spacial score (nSPS) is 14.5. The second kappa shape index (κ2) is 11.5. The number of nitrogens with zero attached hydrogens (tertiary/aromatic N) is 1. The molecule has 5 rings (SSSR count). The molecule has 0 saturated carbocycles. The van der Waals surface area contributed by atoms with Crippen LogP contribution in [0.1, 0.15) is 58.0 Å². The summed E-state index contributed by atoms with van der Waals surface area (Å²) in [7, 11) is 0. The Kier molecular flexibility index (Phi) is 7.72. The van der Waals surface area contributed by atoms with E-state index in [-0.39, 0.29) is 36.5 Å². The van der Waals surface area contributed by atoms with Crippen LogP contribution in [-0.2, 0) is 24.4 Å². The number of carbonyl (C=O) groups is 2. The van der Waals surface area contributed by atoms with Crippen LogP contribution >= 0.6 is 0 Å². The van der Waals surface area contributed by atoms with E-state index in [1.165, 1.54) is 24.3 Å². The van der Waals surface area contributed by atoms with Gasteiger partial charge in [-0.3, -0.25) is 9.59 Å². The average Bonchev–Trinajstić information content (AvgIpc) is 3.43. The summed E-state index contributed by atoms with van der Waals surface area (Å²) in [6, 6.07) is 20.8. The number of ether oxygens (including phenoxy) is 1. The van der Waals surface area contributed by atoms with E-state index < -0.39 is 11.9 Å². The van der Waals surface area contributed by atoms with E-state index in [0.717, 1.165) is 16.7 Å². The molecule has 0 saturated heterocycles. The number of halogens is 2. The molecule has 0 bridgehead atoms. The zero-order valence-corrected chi connectivity index (χ0v) is 21.5. The topological polar surface area (TPSA) is 71.8 Å². The lowest BCUT2D eigenvalue weighted by molar-refractivity contribution is -0.132. The van der Waals surface area contributed by atoms with E-state index in [1.54, 1.807) is 35.2 Å². The summed E-state index contributed by atoms with van der Waals surface area (Å²) in [6.07, 6.45) is 1.05. The molecule has 1 atom stereocenters. The number of fused-ring (bicyclic) bond motifs is 1. The van der Waals surface area contributed by atoms with Crippen LogP contribution in [0.4, 0.5) is 8.78 Å². The molecule has 8 heteroatoms. The summed E-state index contributed by atoms with van der Waals surface area (Å²) in [5.74, 6) is 0.0899. The molecular formula is C31H28F2N2O4. The van der Waals surface area contributed by atoms with Crippen molar-refractivity contribution < 1.29 is 27.5 Å². The van der Waals surface area contributed by atoms with Crippen LogP contribution < -0.4 is 10.1 Å². The Labute approximate surface area is 225 Å². The van der Waals surface area contributed by atoms with Crippen molar-refractivity contribution in [2.45, 2.75) is 39.0 Å². The zero-order chi connectivity index (χ0) is 27.4. The number of benzene rings is 3. The van der Waals surface area contributed by atoms with Crippen LogP contribution in [0, 0.1) is 11.6 Å². The molecule has 4 aromatic rings. The molecule has 1 N–H and O–H groups in total. The molecule has 39 heavy (non-hydrogen) atoms. The molecule has 0 spiro atoms. The van der Waals surface area contributed by atoms with Crippen LogP contribution in [0.2, 0.25) is 0 Å². The highest BCUT2D eigenvalue weighted by atomic mass is 19.1. The van der Waals surface area contributed by atoms with Gasteiger partial charge in [0.2, 0.25) is 5.91 Å². The van der Waals surface area contributed by atoms with Crippen molar-refractivity contribution in [1.29, 1.82) is 0 Å². The molecule has 6 nitrogen and oxygen atoms in total. The summed E-state index contributed by atoms with van der Waals surface area (Å²) >= 11 is 0. The van der Waals surface area contributed by atoms with Crippen LogP contribution in [-0.4, -0.2) is 23.3 Å². The predicted octanol–water partition coefficient (Wildman–Crippen LogP) is 5.95. The maximum Gasteiger partial charge on any atom is 0.287 e. The number of amides is 2. The minimum atomic E-state index is -0.416. The minimum absolute atomic E-state index is 0.00190. The molecule has 200 valence electrons. The SMILES string of the molecule is CCC(=O)N1CCc2ccc(OCc3ccc(C(=O)NCc4ccc(F)cc4)o3)cc2[C@H]1c1cccc(F)c1. The van der Waals surface area contributed by atoms with Gasteiger partial charge in [0.1, 0.15) is 29.8 Å². The molecule has 0 fully saturated rings. The molecule has 1 aliphatic heterocycles. The minimum Gasteiger partial charge on any atom is -0.486 e. The third-order valence-electron chi connectivity index (χ3n) is 6.77. The Morgan fingerprint density at radius 3 is 2.59 bits per heavy atom. The summed E-state index contributed by atoms with van der Waals surface area (Å²) < 4.78 is 38.8. The maximum absolute atomic E-state index is 14.1. The van der Waals surface area contributed by atoms with Crippen molar-refractivity contribution >= 4 is 11.8 Å². The highest BCUT2D eigenvalue weighted by Crippen LogP contribution is 2.38. The Hall–Kier alpha value is -4.46. The Bertz CT molecular complexity index is 1480. The van der Waals surface area contributed by atoms with Gasteiger partial charge in [0.05, 0.1) is 6.04 Å². The van der Waals surface area contributed by atoms with Crippen molar-refractivity contribution in [2.24, 2.45) is 0 Å². The lowest BCUT2D eigenvalue weighted by Gasteiger charge is -2.38. The fourth-order valence-electron chi connectivity index (χ4n) is 4.79. The van der Waals surface area contributed by atoms with Gasteiger partial charge in [-0.1, -0.05) is 37.3 Å². The Balaban J connectivity index is 1.29. The first-order valence-corrected chi connectivity index (χ1v) is 12.8. The Morgan fingerprint density at radius 2 is 1.82 bits per heavy atom. The number of carbonyl (C=O) groups excluding carboxylic acids is 2. The summed E-state index contributed by atoms with van der Waals surface area (Å²) in [5, 5.41) is 2.74. The zero-order valence-electron chi connectivity index (χ0n) is 21.5. The van der Waals surface area contributed by atoms with E-state index in [1.807, 2.05) is 31.2 Å². The number of hydrogen-bond donors (Lipinski definition) is 1. The van der Waals surface area contributed by atoms with Crippen LogP contribution in [0.3, 0.4) is 0 Å². The van der Waals surface area contributed by atoms with Gasteiger partial charge in [0.25, 0.3) is 5.91 Å². The average molecular weight is 531 g/mol. The third-order valence-corrected chi connectivity index (χ3v) is 6.77. The van der Waals surface area contributed by atoms with Gasteiger partial charge in [-0.2, -0.15) is 0 Å². The number of furan rings is 1. The van der Waals surface area contributed by atoms with E-state index in [0.29, 0.717) is 36.5 Å². The van der Waals surface area contributed by atoms with E-state index >= 15 is 0 Å². The van der Waals surface area contributed by atoms with Gasteiger partial charge in [-0.15, -0.1) is 0 Å². The van der Waals surface area contributed by atoms with E-state index in [4.69, 9.17) is 9.15 Å². The number of hydrogen-bond acceptors (Lipinski definition) is 4. The van der Waals surface area contributed by atoms with Gasteiger partial charge in [-0.05, 0) is 77.2 Å². The van der Waals surface area contributed by atoms with E-state index in [2.05, 4.69) is 5.32 Å². The number of nitrogens with one attached hydrogen (secondary N) is 1. The largest absolute Gasteiger partial charge is 0.486 e. The molecule has 3 aromatic carbocycles. The molecule has 2 heterocycles. The van der Waals surface area contributed by atoms with Gasteiger partial charge < -0.3 is 19.4 Å². The smallest absolute Gasteiger partial charge is 0.287 e. The third kappa shape index (κ3) is 6.00. The van der Waals surface area contributed by atoms with Gasteiger partial charge in [0, 0.05) is 19.5 Å². The Morgan fingerprint density at radius 1 is 1.00 bits per heavy atom. The predicted molar refractivity (Wildman–Crippen MR) is 141 cm³/mol. The van der Waals surface area contributed by atoms with Gasteiger partial charge >= 0.3 is 0 Å². The lowest BCUT2D eigenvalue weighted by atomic mass is 9.87. The van der Waals surface area contributed by atoms with E-state index in [9.17, 15) is 18.4 Å². The van der Waals surface area contributed by atoms with Crippen molar-refractivity contribution in [3.63, 3.8) is 0 Å². The van der Waals surface area contributed by atoms with Crippen molar-refractivity contribution in [2.75, 3.05) is 6.54 Å². The van der Waals surface area contributed by atoms with Crippen molar-refractivity contribution in [3.05, 3.63) is 124 Å². The first-order chi connectivity index (χ1) is 18.9. The second-order valence-corrected chi connectivity index (χ2v) is 9.37. The van der Waals surface area contributed by atoms with Crippen LogP contribution in [0.5, 0.6) is 5.75 Å². The first kappa shape index (κ1) is 26.2. The quantitative estimate of drug-likeness (QED) is 0.306. The molecular weight excluding hydrogens is 502 g/mol. The van der Waals surface area contributed by atoms with Crippen LogP contribution in [0.15, 0.2) is 83.3 Å². The molecule has 0 unspecified atom stereocenters. The molecule has 1 aromatic heterocycles. The summed E-state index contributed by atoms with van der Waals surface area (Å²) in [5.41, 5.74) is 3.45.